The first-order valence-electron chi connectivity index (χ1n) is 9.37. The third-order valence-corrected chi connectivity index (χ3v) is 5.00. The number of anilines is 1. The van der Waals surface area contributed by atoms with Crippen molar-refractivity contribution >= 4 is 29.1 Å². The molecule has 0 aliphatic carbocycles. The van der Waals surface area contributed by atoms with E-state index in [1.165, 1.54) is 0 Å². The van der Waals surface area contributed by atoms with Gasteiger partial charge in [0.1, 0.15) is 0 Å². The molecule has 0 saturated heterocycles. The van der Waals surface area contributed by atoms with Crippen LogP contribution in [-0.4, -0.2) is 18.6 Å². The van der Waals surface area contributed by atoms with Gasteiger partial charge in [-0.2, -0.15) is 0 Å². The fraction of sp³-hybridized carbons (Fsp3) is 0.130. The number of benzene rings is 3. The van der Waals surface area contributed by atoms with E-state index in [1.807, 2.05) is 43.3 Å². The summed E-state index contributed by atoms with van der Waals surface area (Å²) in [5, 5.41) is 6.14. The lowest BCUT2D eigenvalue weighted by Gasteiger charge is -2.16. The monoisotopic (exact) mass is 422 g/mol. The second kappa shape index (κ2) is 8.47. The Morgan fingerprint density at radius 2 is 1.73 bits per heavy atom. The second-order valence-corrected chi connectivity index (χ2v) is 7.24. The van der Waals surface area contributed by atoms with Gasteiger partial charge >= 0.3 is 0 Å². The number of hydrogen-bond donors (Lipinski definition) is 2. The number of carbonyl (C=O) groups excluding carboxylic acids is 2. The van der Waals surface area contributed by atoms with Gasteiger partial charge in [0.15, 0.2) is 11.5 Å². The lowest BCUT2D eigenvalue weighted by atomic mass is 10.1. The van der Waals surface area contributed by atoms with E-state index in [0.717, 1.165) is 5.56 Å². The van der Waals surface area contributed by atoms with Crippen molar-refractivity contribution in [1.82, 2.24) is 5.32 Å². The smallest absolute Gasteiger partial charge is 0.255 e. The molecule has 3 aromatic carbocycles. The number of hydrogen-bond acceptors (Lipinski definition) is 4. The lowest BCUT2D eigenvalue weighted by Crippen LogP contribution is -2.26. The van der Waals surface area contributed by atoms with Gasteiger partial charge in [0.2, 0.25) is 6.79 Å². The molecule has 2 N–H and O–H groups in total. The number of amides is 2. The minimum Gasteiger partial charge on any atom is -0.454 e. The van der Waals surface area contributed by atoms with E-state index in [-0.39, 0.29) is 24.6 Å². The molecule has 1 aliphatic heterocycles. The molecule has 0 saturated carbocycles. The van der Waals surface area contributed by atoms with Crippen LogP contribution in [0.4, 0.5) is 5.69 Å². The molecule has 152 valence electrons. The Morgan fingerprint density at radius 3 is 2.53 bits per heavy atom. The van der Waals surface area contributed by atoms with E-state index >= 15 is 0 Å². The van der Waals surface area contributed by atoms with Gasteiger partial charge in [-0.25, -0.2) is 0 Å². The molecular weight excluding hydrogens is 404 g/mol. The van der Waals surface area contributed by atoms with Gasteiger partial charge in [-0.1, -0.05) is 41.9 Å². The van der Waals surface area contributed by atoms with Crippen molar-refractivity contribution in [3.63, 3.8) is 0 Å². The molecule has 0 aromatic heterocycles. The highest BCUT2D eigenvalue weighted by molar-refractivity contribution is 6.32. The molecular formula is C23H19ClN2O4. The fourth-order valence-corrected chi connectivity index (χ4v) is 3.41. The topological polar surface area (TPSA) is 76.7 Å². The highest BCUT2D eigenvalue weighted by Crippen LogP contribution is 2.39. The SMILES string of the molecule is CC(NC(=O)c1cc(Cl)c2c(c1)OCO2)c1cccc(NC(=O)c2ccccc2)c1. The van der Waals surface area contributed by atoms with Crippen LogP contribution in [0.15, 0.2) is 66.7 Å². The molecule has 1 atom stereocenters. The van der Waals surface area contributed by atoms with Crippen LogP contribution >= 0.6 is 11.6 Å². The van der Waals surface area contributed by atoms with Crippen molar-refractivity contribution in [2.24, 2.45) is 0 Å². The zero-order chi connectivity index (χ0) is 21.1. The van der Waals surface area contributed by atoms with E-state index < -0.39 is 0 Å². The van der Waals surface area contributed by atoms with Crippen molar-refractivity contribution < 1.29 is 19.1 Å². The quantitative estimate of drug-likeness (QED) is 0.618. The van der Waals surface area contributed by atoms with E-state index in [1.54, 1.807) is 30.3 Å². The van der Waals surface area contributed by atoms with Crippen molar-refractivity contribution in [3.05, 3.63) is 88.4 Å². The first-order chi connectivity index (χ1) is 14.5. The van der Waals surface area contributed by atoms with Gasteiger partial charge in [-0.15, -0.1) is 0 Å². The largest absolute Gasteiger partial charge is 0.454 e. The van der Waals surface area contributed by atoms with Crippen LogP contribution in [0.25, 0.3) is 0 Å². The number of carbonyl (C=O) groups is 2. The molecule has 0 fully saturated rings. The molecule has 0 radical (unpaired) electrons. The molecule has 0 spiro atoms. The first-order valence-corrected chi connectivity index (χ1v) is 9.75. The van der Waals surface area contributed by atoms with E-state index in [4.69, 9.17) is 21.1 Å². The number of rotatable bonds is 5. The predicted molar refractivity (Wildman–Crippen MR) is 114 cm³/mol. The Balaban J connectivity index is 1.45. The summed E-state index contributed by atoms with van der Waals surface area (Å²) in [4.78, 5) is 25.1. The number of ether oxygens (including phenoxy) is 2. The summed E-state index contributed by atoms with van der Waals surface area (Å²) in [6, 6.07) is 19.2. The third-order valence-electron chi connectivity index (χ3n) is 4.72. The Morgan fingerprint density at radius 1 is 0.933 bits per heavy atom. The van der Waals surface area contributed by atoms with Gasteiger partial charge in [0.25, 0.3) is 11.8 Å². The average molecular weight is 423 g/mol. The zero-order valence-corrected chi connectivity index (χ0v) is 16.9. The molecule has 0 bridgehead atoms. The molecule has 2 amide bonds. The highest BCUT2D eigenvalue weighted by atomic mass is 35.5. The first kappa shape index (κ1) is 19.8. The van der Waals surface area contributed by atoms with Crippen LogP contribution < -0.4 is 20.1 Å². The summed E-state index contributed by atoms with van der Waals surface area (Å²) in [5.41, 5.74) is 2.45. The van der Waals surface area contributed by atoms with E-state index in [2.05, 4.69) is 10.6 Å². The Hall–Kier alpha value is -3.51. The molecule has 1 unspecified atom stereocenters. The van der Waals surface area contributed by atoms with Gasteiger partial charge in [0.05, 0.1) is 11.1 Å². The Bertz CT molecular complexity index is 1100. The van der Waals surface area contributed by atoms with Gasteiger partial charge in [-0.05, 0) is 48.9 Å². The van der Waals surface area contributed by atoms with Crippen molar-refractivity contribution in [3.8, 4) is 11.5 Å². The zero-order valence-electron chi connectivity index (χ0n) is 16.1. The maximum Gasteiger partial charge on any atom is 0.255 e. The average Bonchev–Trinajstić information content (AvgIpc) is 3.24. The summed E-state index contributed by atoms with van der Waals surface area (Å²) in [5.74, 6) is 0.412. The van der Waals surface area contributed by atoms with Crippen LogP contribution in [0.2, 0.25) is 5.02 Å². The summed E-state index contributed by atoms with van der Waals surface area (Å²) in [6.07, 6.45) is 0. The summed E-state index contributed by atoms with van der Waals surface area (Å²) in [7, 11) is 0. The minimum atomic E-state index is -0.296. The van der Waals surface area contributed by atoms with E-state index in [0.29, 0.717) is 33.3 Å². The molecule has 30 heavy (non-hydrogen) atoms. The number of halogens is 1. The standard InChI is InChI=1S/C23H19ClN2O4/c1-14(25-23(28)17-11-19(24)21-20(12-17)29-13-30-21)16-8-5-9-18(10-16)26-22(27)15-6-3-2-4-7-15/h2-12,14H,13H2,1H3,(H,25,28)(H,26,27). The molecule has 6 nitrogen and oxygen atoms in total. The second-order valence-electron chi connectivity index (χ2n) is 6.83. The molecule has 3 aromatic rings. The van der Waals surface area contributed by atoms with Crippen molar-refractivity contribution in [1.29, 1.82) is 0 Å². The van der Waals surface area contributed by atoms with Gasteiger partial charge < -0.3 is 20.1 Å². The fourth-order valence-electron chi connectivity index (χ4n) is 3.14. The summed E-state index contributed by atoms with van der Waals surface area (Å²) >= 11 is 6.17. The maximum atomic E-state index is 12.7. The van der Waals surface area contributed by atoms with Crippen LogP contribution in [0, 0.1) is 0 Å². The van der Waals surface area contributed by atoms with Crippen LogP contribution in [-0.2, 0) is 0 Å². The highest BCUT2D eigenvalue weighted by Gasteiger charge is 2.21. The molecule has 1 aliphatic rings. The number of nitrogens with one attached hydrogen (secondary N) is 2. The van der Waals surface area contributed by atoms with Gasteiger partial charge in [0, 0.05) is 16.8 Å². The Kier molecular flexibility index (Phi) is 5.59. The van der Waals surface area contributed by atoms with E-state index in [9.17, 15) is 9.59 Å². The number of fused-ring (bicyclic) bond motifs is 1. The third kappa shape index (κ3) is 4.23. The molecule has 7 heteroatoms. The lowest BCUT2D eigenvalue weighted by molar-refractivity contribution is 0.0938. The van der Waals surface area contributed by atoms with Gasteiger partial charge in [-0.3, -0.25) is 9.59 Å². The summed E-state index contributed by atoms with van der Waals surface area (Å²) < 4.78 is 10.6. The minimum absolute atomic E-state index is 0.0814. The predicted octanol–water partition coefficient (Wildman–Crippen LogP) is 4.81. The van der Waals surface area contributed by atoms with Crippen LogP contribution in [0.3, 0.4) is 0 Å². The molecule has 4 rings (SSSR count). The van der Waals surface area contributed by atoms with Crippen LogP contribution in [0.5, 0.6) is 11.5 Å². The van der Waals surface area contributed by atoms with Crippen molar-refractivity contribution in [2.75, 3.05) is 12.1 Å². The summed E-state index contributed by atoms with van der Waals surface area (Å²) in [6.45, 7) is 1.95. The van der Waals surface area contributed by atoms with Crippen LogP contribution in [0.1, 0.15) is 39.2 Å². The maximum absolute atomic E-state index is 12.7. The van der Waals surface area contributed by atoms with Crippen molar-refractivity contribution in [2.45, 2.75) is 13.0 Å². The molecule has 1 heterocycles. The normalized spacial score (nSPS) is 12.9. The Labute approximate surface area is 178 Å².